The molecule has 0 spiro atoms. The van der Waals surface area contributed by atoms with Gasteiger partial charge in [0.2, 0.25) is 5.91 Å². The van der Waals surface area contributed by atoms with Crippen molar-refractivity contribution in [2.45, 2.75) is 40.5 Å². The molecule has 0 N–H and O–H groups in total. The Kier molecular flexibility index (Phi) is 6.29. The van der Waals surface area contributed by atoms with Crippen LogP contribution in [0.5, 0.6) is 0 Å². The number of amides is 1. The molecule has 0 aliphatic heterocycles. The molecule has 0 bridgehead atoms. The highest BCUT2D eigenvalue weighted by molar-refractivity contribution is 5.76. The largest absolute Gasteiger partial charge is 0.343 e. The molecule has 0 unspecified atom stereocenters. The highest BCUT2D eigenvalue weighted by Gasteiger charge is 2.06. The summed E-state index contributed by atoms with van der Waals surface area (Å²) in [6, 6.07) is 0. The van der Waals surface area contributed by atoms with Gasteiger partial charge in [0.05, 0.1) is 0 Å². The van der Waals surface area contributed by atoms with Gasteiger partial charge >= 0.3 is 0 Å². The molecule has 0 aliphatic carbocycles. The fourth-order valence-electron chi connectivity index (χ4n) is 1.22. The van der Waals surface area contributed by atoms with Crippen molar-refractivity contribution in [3.8, 4) is 0 Å². The minimum absolute atomic E-state index is 0.266. The highest BCUT2D eigenvalue weighted by Crippen LogP contribution is 2.01. The van der Waals surface area contributed by atoms with Gasteiger partial charge in [-0.1, -0.05) is 11.6 Å². The summed E-state index contributed by atoms with van der Waals surface area (Å²) >= 11 is 0. The molecule has 0 saturated heterocycles. The molecule has 0 saturated carbocycles. The van der Waals surface area contributed by atoms with Gasteiger partial charge < -0.3 is 4.90 Å². The standard InChI is InChI=1S/C11H21NO/c1-5-12(6-2)11(13)9-7-8-10(3)4/h8H,5-7,9H2,1-4H3. The number of rotatable bonds is 5. The van der Waals surface area contributed by atoms with E-state index in [0.717, 1.165) is 19.5 Å². The van der Waals surface area contributed by atoms with E-state index in [0.29, 0.717) is 6.42 Å². The molecule has 0 aromatic carbocycles. The van der Waals surface area contributed by atoms with Gasteiger partial charge in [-0.05, 0) is 34.1 Å². The Morgan fingerprint density at radius 1 is 1.23 bits per heavy atom. The molecule has 0 rings (SSSR count). The molecule has 0 heterocycles. The maximum Gasteiger partial charge on any atom is 0.222 e. The van der Waals surface area contributed by atoms with E-state index in [1.165, 1.54) is 5.57 Å². The van der Waals surface area contributed by atoms with Gasteiger partial charge in [0.25, 0.3) is 0 Å². The zero-order valence-corrected chi connectivity index (χ0v) is 9.26. The first-order valence-corrected chi connectivity index (χ1v) is 5.02. The van der Waals surface area contributed by atoms with Crippen LogP contribution in [0.3, 0.4) is 0 Å². The first-order chi connectivity index (χ1) is 6.11. The number of allylic oxidation sites excluding steroid dienone is 2. The fraction of sp³-hybridized carbons (Fsp3) is 0.727. The summed E-state index contributed by atoms with van der Waals surface area (Å²) in [5, 5.41) is 0. The van der Waals surface area contributed by atoms with E-state index in [1.54, 1.807) is 0 Å². The molecule has 2 nitrogen and oxygen atoms in total. The summed E-state index contributed by atoms with van der Waals surface area (Å²) in [5.41, 5.74) is 1.28. The Morgan fingerprint density at radius 2 is 1.77 bits per heavy atom. The van der Waals surface area contributed by atoms with Gasteiger partial charge in [-0.25, -0.2) is 0 Å². The third kappa shape index (κ3) is 5.45. The number of nitrogens with zero attached hydrogens (tertiary/aromatic N) is 1. The van der Waals surface area contributed by atoms with E-state index in [1.807, 2.05) is 18.7 Å². The van der Waals surface area contributed by atoms with E-state index >= 15 is 0 Å². The summed E-state index contributed by atoms with van der Waals surface area (Å²) in [4.78, 5) is 13.4. The van der Waals surface area contributed by atoms with E-state index in [9.17, 15) is 4.79 Å². The molecule has 13 heavy (non-hydrogen) atoms. The molecular formula is C11H21NO. The Hall–Kier alpha value is -0.790. The smallest absolute Gasteiger partial charge is 0.222 e. The summed E-state index contributed by atoms with van der Waals surface area (Å²) in [6.07, 6.45) is 3.63. The van der Waals surface area contributed by atoms with Gasteiger partial charge in [-0.15, -0.1) is 0 Å². The maximum atomic E-state index is 11.5. The second-order valence-corrected chi connectivity index (χ2v) is 3.39. The monoisotopic (exact) mass is 183 g/mol. The lowest BCUT2D eigenvalue weighted by molar-refractivity contribution is -0.130. The zero-order chi connectivity index (χ0) is 10.3. The van der Waals surface area contributed by atoms with E-state index in [-0.39, 0.29) is 5.91 Å². The molecule has 2 heteroatoms. The van der Waals surface area contributed by atoms with E-state index in [2.05, 4.69) is 19.9 Å². The third-order valence-corrected chi connectivity index (χ3v) is 2.03. The Morgan fingerprint density at radius 3 is 2.15 bits per heavy atom. The van der Waals surface area contributed by atoms with Crippen LogP contribution in [0.4, 0.5) is 0 Å². The minimum Gasteiger partial charge on any atom is -0.343 e. The average molecular weight is 183 g/mol. The van der Waals surface area contributed by atoms with Crippen LogP contribution in [0.2, 0.25) is 0 Å². The first kappa shape index (κ1) is 12.2. The second kappa shape index (κ2) is 6.70. The van der Waals surface area contributed by atoms with Gasteiger partial charge in [0.15, 0.2) is 0 Å². The predicted molar refractivity (Wildman–Crippen MR) is 56.6 cm³/mol. The van der Waals surface area contributed by atoms with Crippen LogP contribution >= 0.6 is 0 Å². The Balaban J connectivity index is 3.79. The van der Waals surface area contributed by atoms with Crippen molar-refractivity contribution in [1.82, 2.24) is 4.90 Å². The van der Waals surface area contributed by atoms with Crippen molar-refractivity contribution in [1.29, 1.82) is 0 Å². The van der Waals surface area contributed by atoms with Gasteiger partial charge in [0.1, 0.15) is 0 Å². The van der Waals surface area contributed by atoms with Crippen LogP contribution < -0.4 is 0 Å². The van der Waals surface area contributed by atoms with Gasteiger partial charge in [-0.3, -0.25) is 4.79 Å². The number of hydrogen-bond acceptors (Lipinski definition) is 1. The van der Waals surface area contributed by atoms with Crippen molar-refractivity contribution < 1.29 is 4.79 Å². The number of carbonyl (C=O) groups excluding carboxylic acids is 1. The van der Waals surface area contributed by atoms with Crippen LogP contribution in [0, 0.1) is 0 Å². The molecule has 0 aromatic heterocycles. The summed E-state index contributed by atoms with van der Waals surface area (Å²) in [7, 11) is 0. The summed E-state index contributed by atoms with van der Waals surface area (Å²) in [6.45, 7) is 9.79. The number of hydrogen-bond donors (Lipinski definition) is 0. The van der Waals surface area contributed by atoms with Gasteiger partial charge in [-0.2, -0.15) is 0 Å². The molecule has 0 radical (unpaired) electrons. The minimum atomic E-state index is 0.266. The van der Waals surface area contributed by atoms with Crippen molar-refractivity contribution in [3.05, 3.63) is 11.6 Å². The highest BCUT2D eigenvalue weighted by atomic mass is 16.2. The van der Waals surface area contributed by atoms with Crippen LogP contribution in [0.15, 0.2) is 11.6 Å². The molecule has 76 valence electrons. The van der Waals surface area contributed by atoms with Crippen molar-refractivity contribution in [2.24, 2.45) is 0 Å². The third-order valence-electron chi connectivity index (χ3n) is 2.03. The van der Waals surface area contributed by atoms with Crippen LogP contribution in [-0.4, -0.2) is 23.9 Å². The SMILES string of the molecule is CCN(CC)C(=O)CCC=C(C)C. The fourth-order valence-corrected chi connectivity index (χ4v) is 1.22. The van der Waals surface area contributed by atoms with Crippen molar-refractivity contribution >= 4 is 5.91 Å². The first-order valence-electron chi connectivity index (χ1n) is 5.02. The lowest BCUT2D eigenvalue weighted by Gasteiger charge is -2.17. The number of carbonyl (C=O) groups is 1. The predicted octanol–water partition coefficient (Wildman–Crippen LogP) is 2.60. The van der Waals surface area contributed by atoms with Crippen molar-refractivity contribution in [3.63, 3.8) is 0 Å². The van der Waals surface area contributed by atoms with Crippen molar-refractivity contribution in [2.75, 3.05) is 13.1 Å². The topological polar surface area (TPSA) is 20.3 Å². The molecule has 0 aromatic rings. The molecule has 1 amide bonds. The van der Waals surface area contributed by atoms with E-state index < -0.39 is 0 Å². The molecule has 0 fully saturated rings. The lowest BCUT2D eigenvalue weighted by atomic mass is 10.2. The van der Waals surface area contributed by atoms with Gasteiger partial charge in [0, 0.05) is 19.5 Å². The zero-order valence-electron chi connectivity index (χ0n) is 9.26. The quantitative estimate of drug-likeness (QED) is 0.600. The summed E-state index contributed by atoms with van der Waals surface area (Å²) < 4.78 is 0. The van der Waals surface area contributed by atoms with Crippen LogP contribution in [-0.2, 0) is 4.79 Å². The second-order valence-electron chi connectivity index (χ2n) is 3.39. The maximum absolute atomic E-state index is 11.5. The Labute approximate surface area is 81.6 Å². The normalized spacial score (nSPS) is 9.54. The Bertz CT molecular complexity index is 177. The van der Waals surface area contributed by atoms with E-state index in [4.69, 9.17) is 0 Å². The van der Waals surface area contributed by atoms with Crippen LogP contribution in [0.1, 0.15) is 40.5 Å². The molecule has 0 atom stereocenters. The average Bonchev–Trinajstić information content (AvgIpc) is 2.05. The molecular weight excluding hydrogens is 162 g/mol. The summed E-state index contributed by atoms with van der Waals surface area (Å²) in [5.74, 6) is 0.266. The van der Waals surface area contributed by atoms with Crippen LogP contribution in [0.25, 0.3) is 0 Å². The lowest BCUT2D eigenvalue weighted by Crippen LogP contribution is -2.30. The molecule has 0 aliphatic rings.